The standard InChI is InChI=1S/C24H16ClFN2O4/c25-17-7-4-8-18(13-17)28-23(30)20(22(29)27-24(28)31)12-15-5-3-9-19(11-15)32-14-16-6-1-2-10-21(16)26/h1-13H,14H2,(H,27,29,31)/b20-12-. The molecule has 1 aliphatic heterocycles. The van der Waals surface area contributed by atoms with Crippen LogP contribution in [0.5, 0.6) is 5.75 Å². The van der Waals surface area contributed by atoms with E-state index in [1.807, 2.05) is 0 Å². The fraction of sp³-hybridized carbons (Fsp3) is 0.0417. The molecule has 3 aromatic rings. The van der Waals surface area contributed by atoms with E-state index in [4.69, 9.17) is 16.3 Å². The Bertz CT molecular complexity index is 1260. The van der Waals surface area contributed by atoms with Crippen molar-refractivity contribution >= 4 is 41.2 Å². The number of urea groups is 1. The molecule has 0 spiro atoms. The largest absolute Gasteiger partial charge is 0.489 e. The van der Waals surface area contributed by atoms with Crippen LogP contribution in [0.1, 0.15) is 11.1 Å². The van der Waals surface area contributed by atoms with Crippen molar-refractivity contribution in [2.24, 2.45) is 0 Å². The molecule has 1 fully saturated rings. The topological polar surface area (TPSA) is 75.7 Å². The molecule has 0 aromatic heterocycles. The molecular formula is C24H16ClFN2O4. The van der Waals surface area contributed by atoms with E-state index in [0.717, 1.165) is 4.90 Å². The summed E-state index contributed by atoms with van der Waals surface area (Å²) in [6, 6.07) is 18.2. The third kappa shape index (κ3) is 4.53. The first kappa shape index (κ1) is 21.3. The van der Waals surface area contributed by atoms with Gasteiger partial charge in [-0.25, -0.2) is 14.1 Å². The van der Waals surface area contributed by atoms with Crippen LogP contribution in [0.4, 0.5) is 14.9 Å². The lowest BCUT2D eigenvalue weighted by Crippen LogP contribution is -2.54. The average Bonchev–Trinajstić information content (AvgIpc) is 2.76. The number of carbonyl (C=O) groups excluding carboxylic acids is 3. The predicted octanol–water partition coefficient (Wildman–Crippen LogP) is 4.72. The fourth-order valence-electron chi connectivity index (χ4n) is 3.14. The van der Waals surface area contributed by atoms with Crippen LogP contribution in [0, 0.1) is 5.82 Å². The predicted molar refractivity (Wildman–Crippen MR) is 118 cm³/mol. The van der Waals surface area contributed by atoms with E-state index in [1.54, 1.807) is 54.6 Å². The lowest BCUT2D eigenvalue weighted by atomic mass is 10.1. The smallest absolute Gasteiger partial charge is 0.335 e. The Morgan fingerprint density at radius 2 is 1.75 bits per heavy atom. The van der Waals surface area contributed by atoms with Gasteiger partial charge in [-0.15, -0.1) is 0 Å². The Morgan fingerprint density at radius 3 is 2.53 bits per heavy atom. The number of nitrogens with zero attached hydrogens (tertiary/aromatic N) is 1. The number of anilines is 1. The van der Waals surface area contributed by atoms with Crippen molar-refractivity contribution in [1.29, 1.82) is 0 Å². The SMILES string of the molecule is O=C1NC(=O)N(c2cccc(Cl)c2)C(=O)/C1=C\c1cccc(OCc2ccccc2F)c1. The second-order valence-electron chi connectivity index (χ2n) is 6.89. The molecule has 160 valence electrons. The zero-order valence-electron chi connectivity index (χ0n) is 16.5. The Labute approximate surface area is 187 Å². The number of hydrogen-bond acceptors (Lipinski definition) is 4. The number of barbiturate groups is 1. The van der Waals surface area contributed by atoms with Crippen LogP contribution in [0.3, 0.4) is 0 Å². The van der Waals surface area contributed by atoms with Gasteiger partial charge in [0.25, 0.3) is 11.8 Å². The van der Waals surface area contributed by atoms with Gasteiger partial charge in [-0.3, -0.25) is 14.9 Å². The number of ether oxygens (including phenoxy) is 1. The molecule has 1 N–H and O–H groups in total. The van der Waals surface area contributed by atoms with Crippen LogP contribution in [0.15, 0.2) is 78.4 Å². The van der Waals surface area contributed by atoms with Gasteiger partial charge in [0.05, 0.1) is 5.69 Å². The highest BCUT2D eigenvalue weighted by Gasteiger charge is 2.36. The molecular weight excluding hydrogens is 435 g/mol. The number of carbonyl (C=O) groups is 3. The van der Waals surface area contributed by atoms with Crippen molar-refractivity contribution in [1.82, 2.24) is 5.32 Å². The highest BCUT2D eigenvalue weighted by atomic mass is 35.5. The van der Waals surface area contributed by atoms with Gasteiger partial charge in [0, 0.05) is 10.6 Å². The lowest BCUT2D eigenvalue weighted by Gasteiger charge is -2.26. The number of hydrogen-bond donors (Lipinski definition) is 1. The molecule has 6 nitrogen and oxygen atoms in total. The lowest BCUT2D eigenvalue weighted by molar-refractivity contribution is -0.122. The van der Waals surface area contributed by atoms with Crippen LogP contribution in [0.25, 0.3) is 6.08 Å². The molecule has 0 saturated carbocycles. The summed E-state index contributed by atoms with van der Waals surface area (Å²) < 4.78 is 19.4. The molecule has 1 saturated heterocycles. The van der Waals surface area contributed by atoms with Gasteiger partial charge >= 0.3 is 6.03 Å². The van der Waals surface area contributed by atoms with E-state index in [9.17, 15) is 18.8 Å². The summed E-state index contributed by atoms with van der Waals surface area (Å²) in [5.41, 5.74) is 0.903. The first-order valence-corrected chi connectivity index (χ1v) is 9.93. The molecule has 0 radical (unpaired) electrons. The minimum absolute atomic E-state index is 0.0170. The monoisotopic (exact) mass is 450 g/mol. The molecule has 8 heteroatoms. The summed E-state index contributed by atoms with van der Waals surface area (Å²) in [5.74, 6) is -1.54. The first-order valence-electron chi connectivity index (χ1n) is 9.55. The summed E-state index contributed by atoms with van der Waals surface area (Å²) in [6.07, 6.45) is 1.36. The van der Waals surface area contributed by atoms with Crippen LogP contribution in [0.2, 0.25) is 5.02 Å². The minimum atomic E-state index is -0.860. The molecule has 0 atom stereocenters. The maximum atomic E-state index is 13.8. The third-order valence-corrected chi connectivity index (χ3v) is 4.92. The molecule has 32 heavy (non-hydrogen) atoms. The number of rotatable bonds is 5. The summed E-state index contributed by atoms with van der Waals surface area (Å²) in [7, 11) is 0. The number of imide groups is 2. The van der Waals surface area contributed by atoms with Gasteiger partial charge in [0.2, 0.25) is 0 Å². The van der Waals surface area contributed by atoms with E-state index >= 15 is 0 Å². The maximum Gasteiger partial charge on any atom is 0.335 e. The van der Waals surface area contributed by atoms with Crippen LogP contribution in [-0.2, 0) is 16.2 Å². The van der Waals surface area contributed by atoms with Gasteiger partial charge in [-0.1, -0.05) is 48.0 Å². The summed E-state index contributed by atoms with van der Waals surface area (Å²) in [5, 5.41) is 2.50. The molecule has 3 aromatic carbocycles. The summed E-state index contributed by atoms with van der Waals surface area (Å²) in [6.45, 7) is 0.0170. The second-order valence-corrected chi connectivity index (χ2v) is 7.33. The third-order valence-electron chi connectivity index (χ3n) is 4.69. The van der Waals surface area contributed by atoms with Crippen molar-refractivity contribution in [3.8, 4) is 5.75 Å². The number of amides is 4. The highest BCUT2D eigenvalue weighted by molar-refractivity contribution is 6.39. The fourth-order valence-corrected chi connectivity index (χ4v) is 3.33. The van der Waals surface area contributed by atoms with Gasteiger partial charge < -0.3 is 4.74 Å². The highest BCUT2D eigenvalue weighted by Crippen LogP contribution is 2.25. The van der Waals surface area contributed by atoms with E-state index in [-0.39, 0.29) is 23.7 Å². The molecule has 1 aliphatic rings. The van der Waals surface area contributed by atoms with Crippen molar-refractivity contribution < 1.29 is 23.5 Å². The Morgan fingerprint density at radius 1 is 0.969 bits per heavy atom. The number of halogens is 2. The Kier molecular flexibility index (Phi) is 6.00. The maximum absolute atomic E-state index is 13.8. The molecule has 0 aliphatic carbocycles. The van der Waals surface area contributed by atoms with E-state index in [0.29, 0.717) is 21.9 Å². The molecule has 0 bridgehead atoms. The zero-order valence-corrected chi connectivity index (χ0v) is 17.3. The van der Waals surface area contributed by atoms with Crippen LogP contribution < -0.4 is 15.0 Å². The normalized spacial score (nSPS) is 15.1. The second kappa shape index (κ2) is 9.03. The van der Waals surface area contributed by atoms with Gasteiger partial charge in [-0.05, 0) is 48.0 Å². The molecule has 0 unspecified atom stereocenters. The van der Waals surface area contributed by atoms with Crippen molar-refractivity contribution in [2.45, 2.75) is 6.61 Å². The molecule has 4 rings (SSSR count). The van der Waals surface area contributed by atoms with E-state index in [1.165, 1.54) is 24.3 Å². The zero-order chi connectivity index (χ0) is 22.7. The Hall–Kier alpha value is -3.97. The van der Waals surface area contributed by atoms with E-state index in [2.05, 4.69) is 5.32 Å². The van der Waals surface area contributed by atoms with Crippen LogP contribution in [-0.4, -0.2) is 17.8 Å². The number of nitrogens with one attached hydrogen (secondary N) is 1. The number of benzene rings is 3. The quantitative estimate of drug-likeness (QED) is 0.450. The summed E-state index contributed by atoms with van der Waals surface area (Å²) in [4.78, 5) is 38.4. The van der Waals surface area contributed by atoms with Crippen molar-refractivity contribution in [3.05, 3.63) is 100 Å². The van der Waals surface area contributed by atoms with Crippen molar-refractivity contribution in [3.63, 3.8) is 0 Å². The first-order chi connectivity index (χ1) is 15.4. The van der Waals surface area contributed by atoms with E-state index < -0.39 is 17.8 Å². The van der Waals surface area contributed by atoms with Gasteiger partial charge in [-0.2, -0.15) is 0 Å². The van der Waals surface area contributed by atoms with Crippen molar-refractivity contribution in [2.75, 3.05) is 4.90 Å². The van der Waals surface area contributed by atoms with Crippen LogP contribution >= 0.6 is 11.6 Å². The van der Waals surface area contributed by atoms with Gasteiger partial charge in [0.1, 0.15) is 23.7 Å². The molecule has 4 amide bonds. The Balaban J connectivity index is 1.59. The molecule has 1 heterocycles. The average molecular weight is 451 g/mol. The van der Waals surface area contributed by atoms with Gasteiger partial charge in [0.15, 0.2) is 0 Å². The minimum Gasteiger partial charge on any atom is -0.489 e. The summed E-state index contributed by atoms with van der Waals surface area (Å²) >= 11 is 5.97.